The maximum Gasteiger partial charge on any atom is 0.246 e. The summed E-state index contributed by atoms with van der Waals surface area (Å²) in [4.78, 5) is 23.9. The predicted molar refractivity (Wildman–Crippen MR) is 126 cm³/mol. The Balaban J connectivity index is 1.43. The molecule has 0 radical (unpaired) electrons. The number of hydrogen-bond acceptors (Lipinski definition) is 7. The highest BCUT2D eigenvalue weighted by Gasteiger charge is 2.39. The Labute approximate surface area is 195 Å². The molecule has 1 saturated carbocycles. The summed E-state index contributed by atoms with van der Waals surface area (Å²) < 4.78 is 6.12. The van der Waals surface area contributed by atoms with E-state index >= 15 is 0 Å². The summed E-state index contributed by atoms with van der Waals surface area (Å²) in [5.74, 6) is 1.76. The number of nitrogens with zero attached hydrogens (tertiary/aromatic N) is 6. The summed E-state index contributed by atoms with van der Waals surface area (Å²) in [6.45, 7) is 11.4. The molecule has 0 spiro atoms. The van der Waals surface area contributed by atoms with E-state index in [-0.39, 0.29) is 24.1 Å². The molecular weight excluding hydrogens is 418 g/mol. The molecule has 1 atom stereocenters. The zero-order valence-corrected chi connectivity index (χ0v) is 20.1. The van der Waals surface area contributed by atoms with Gasteiger partial charge in [0.2, 0.25) is 5.91 Å². The number of nitrogen functional groups attached to an aromatic ring is 1. The third-order valence-corrected chi connectivity index (χ3v) is 7.19. The van der Waals surface area contributed by atoms with Gasteiger partial charge in [0, 0.05) is 37.5 Å². The molecule has 9 nitrogen and oxygen atoms in total. The van der Waals surface area contributed by atoms with Gasteiger partial charge in [-0.15, -0.1) is 0 Å². The normalized spacial score (nSPS) is 22.5. The molecule has 9 heteroatoms. The van der Waals surface area contributed by atoms with Crippen LogP contribution in [-0.2, 0) is 29.1 Å². The molecule has 2 fully saturated rings. The Morgan fingerprint density at radius 2 is 1.94 bits per heavy atom. The Morgan fingerprint density at radius 1 is 1.21 bits per heavy atom. The van der Waals surface area contributed by atoms with Crippen molar-refractivity contribution in [2.24, 2.45) is 5.92 Å². The Morgan fingerprint density at radius 3 is 2.61 bits per heavy atom. The lowest BCUT2D eigenvalue weighted by Crippen LogP contribution is -2.58. The third kappa shape index (κ3) is 4.30. The van der Waals surface area contributed by atoms with E-state index in [1.807, 2.05) is 4.90 Å². The van der Waals surface area contributed by atoms with E-state index in [4.69, 9.17) is 15.5 Å². The van der Waals surface area contributed by atoms with Crippen LogP contribution in [0.4, 0.5) is 11.5 Å². The van der Waals surface area contributed by atoms with Gasteiger partial charge in [-0.05, 0) is 38.2 Å². The molecule has 2 N–H and O–H groups in total. The van der Waals surface area contributed by atoms with Crippen molar-refractivity contribution >= 4 is 17.4 Å². The minimum atomic E-state index is -0.229. The van der Waals surface area contributed by atoms with Gasteiger partial charge in [-0.3, -0.25) is 4.79 Å². The SMILES string of the molecule is CC(C)[C@@H]1CN(c2nc(C3CC3)c3c(c2N)CC(C)(C)OC3)CCN1C(=O)Cn1nccn1. The Kier molecular flexibility index (Phi) is 5.55. The number of nitrogens with two attached hydrogens (primary N) is 1. The monoisotopic (exact) mass is 453 g/mol. The summed E-state index contributed by atoms with van der Waals surface area (Å²) >= 11 is 0. The molecule has 2 aromatic heterocycles. The Bertz CT molecular complexity index is 1030. The van der Waals surface area contributed by atoms with E-state index in [1.54, 1.807) is 12.4 Å². The summed E-state index contributed by atoms with van der Waals surface area (Å²) in [5.41, 5.74) is 10.9. The quantitative estimate of drug-likeness (QED) is 0.741. The number of anilines is 2. The fraction of sp³-hybridized carbons (Fsp3) is 0.667. The second kappa shape index (κ2) is 8.27. The third-order valence-electron chi connectivity index (χ3n) is 7.19. The van der Waals surface area contributed by atoms with Crippen LogP contribution in [0, 0.1) is 5.92 Å². The molecule has 1 aliphatic carbocycles. The van der Waals surface area contributed by atoms with Crippen LogP contribution in [0.15, 0.2) is 12.4 Å². The summed E-state index contributed by atoms with van der Waals surface area (Å²) in [7, 11) is 0. The number of carbonyl (C=O) groups is 1. The van der Waals surface area contributed by atoms with Crippen LogP contribution in [0.5, 0.6) is 0 Å². The lowest BCUT2D eigenvalue weighted by molar-refractivity contribution is -0.136. The van der Waals surface area contributed by atoms with Gasteiger partial charge in [-0.25, -0.2) is 4.98 Å². The van der Waals surface area contributed by atoms with Gasteiger partial charge >= 0.3 is 0 Å². The van der Waals surface area contributed by atoms with Crippen molar-refractivity contribution in [3.63, 3.8) is 0 Å². The molecule has 33 heavy (non-hydrogen) atoms. The predicted octanol–water partition coefficient (Wildman–Crippen LogP) is 2.36. The average Bonchev–Trinajstić information content (AvgIpc) is 3.49. The van der Waals surface area contributed by atoms with Crippen molar-refractivity contribution in [3.05, 3.63) is 29.2 Å². The van der Waals surface area contributed by atoms with Gasteiger partial charge in [0.15, 0.2) is 5.82 Å². The van der Waals surface area contributed by atoms with Gasteiger partial charge < -0.3 is 20.3 Å². The number of hydrogen-bond donors (Lipinski definition) is 1. The number of ether oxygens (including phenoxy) is 1. The Hall–Kier alpha value is -2.68. The first kappa shape index (κ1) is 22.1. The fourth-order valence-corrected chi connectivity index (χ4v) is 5.16. The van der Waals surface area contributed by atoms with Crippen molar-refractivity contribution in [3.8, 4) is 0 Å². The van der Waals surface area contributed by atoms with Crippen molar-refractivity contribution in [1.82, 2.24) is 24.9 Å². The number of amides is 1. The lowest BCUT2D eigenvalue weighted by Gasteiger charge is -2.44. The maximum atomic E-state index is 13.1. The topological polar surface area (TPSA) is 102 Å². The number of aromatic nitrogens is 4. The van der Waals surface area contributed by atoms with Crippen LogP contribution in [0.3, 0.4) is 0 Å². The van der Waals surface area contributed by atoms with E-state index in [2.05, 4.69) is 42.8 Å². The molecular formula is C24H35N7O2. The van der Waals surface area contributed by atoms with Crippen molar-refractivity contribution in [2.45, 2.75) is 77.7 Å². The largest absolute Gasteiger partial charge is 0.395 e. The number of piperazine rings is 1. The van der Waals surface area contributed by atoms with E-state index < -0.39 is 0 Å². The molecule has 1 saturated heterocycles. The first-order valence-corrected chi connectivity index (χ1v) is 12.1. The molecule has 0 bridgehead atoms. The summed E-state index contributed by atoms with van der Waals surface area (Å²) in [6, 6.07) is 0.0724. The van der Waals surface area contributed by atoms with Crippen LogP contribution in [0.1, 0.15) is 63.3 Å². The maximum absolute atomic E-state index is 13.1. The summed E-state index contributed by atoms with van der Waals surface area (Å²) in [6.07, 6.45) is 6.36. The van der Waals surface area contributed by atoms with Crippen molar-refractivity contribution < 1.29 is 9.53 Å². The van der Waals surface area contributed by atoms with Gasteiger partial charge in [0.05, 0.1) is 42.0 Å². The first-order valence-electron chi connectivity index (χ1n) is 12.1. The van der Waals surface area contributed by atoms with Crippen molar-refractivity contribution in [1.29, 1.82) is 0 Å². The number of rotatable bonds is 5. The molecule has 2 aliphatic heterocycles. The van der Waals surface area contributed by atoms with Crippen molar-refractivity contribution in [2.75, 3.05) is 30.3 Å². The minimum absolute atomic E-state index is 0.0495. The molecule has 178 valence electrons. The number of pyridine rings is 1. The van der Waals surface area contributed by atoms with Crippen LogP contribution in [0.25, 0.3) is 0 Å². The minimum Gasteiger partial charge on any atom is -0.395 e. The van der Waals surface area contributed by atoms with Gasteiger partial charge in [-0.1, -0.05) is 13.8 Å². The van der Waals surface area contributed by atoms with Crippen LogP contribution in [0.2, 0.25) is 0 Å². The smallest absolute Gasteiger partial charge is 0.246 e. The fourth-order valence-electron chi connectivity index (χ4n) is 5.16. The molecule has 0 unspecified atom stereocenters. The van der Waals surface area contributed by atoms with Crippen LogP contribution in [-0.4, -0.2) is 62.1 Å². The van der Waals surface area contributed by atoms with E-state index in [0.717, 1.165) is 24.5 Å². The average molecular weight is 454 g/mol. The van der Waals surface area contributed by atoms with E-state index in [0.29, 0.717) is 31.5 Å². The molecule has 3 aliphatic rings. The highest BCUT2D eigenvalue weighted by Crippen LogP contribution is 2.46. The second-order valence-electron chi connectivity index (χ2n) is 10.6. The number of fused-ring (bicyclic) bond motifs is 1. The van der Waals surface area contributed by atoms with Crippen LogP contribution >= 0.6 is 0 Å². The van der Waals surface area contributed by atoms with E-state index in [1.165, 1.54) is 34.5 Å². The zero-order valence-electron chi connectivity index (χ0n) is 20.1. The molecule has 0 aromatic carbocycles. The number of carbonyl (C=O) groups excluding carboxylic acids is 1. The van der Waals surface area contributed by atoms with Gasteiger partial charge in [0.1, 0.15) is 6.54 Å². The molecule has 2 aromatic rings. The second-order valence-corrected chi connectivity index (χ2v) is 10.6. The molecule has 1 amide bonds. The summed E-state index contributed by atoms with van der Waals surface area (Å²) in [5, 5.41) is 8.18. The first-order chi connectivity index (χ1) is 15.7. The lowest BCUT2D eigenvalue weighted by atomic mass is 9.89. The molecule has 5 rings (SSSR count). The van der Waals surface area contributed by atoms with Gasteiger partial charge in [-0.2, -0.15) is 15.0 Å². The van der Waals surface area contributed by atoms with E-state index in [9.17, 15) is 4.79 Å². The highest BCUT2D eigenvalue weighted by molar-refractivity contribution is 5.77. The standard InChI is InChI=1S/C24H35N7O2/c1-15(2)19-12-29(9-10-30(19)20(32)13-31-26-7-8-27-31)23-21(25)17-11-24(3,4)33-14-18(17)22(28-23)16-5-6-16/h7-8,15-16,19H,5-6,9-14,25H2,1-4H3/t19-/m0/s1. The molecule has 4 heterocycles. The zero-order chi connectivity index (χ0) is 23.3. The highest BCUT2D eigenvalue weighted by atomic mass is 16.5. The van der Waals surface area contributed by atoms with Crippen LogP contribution < -0.4 is 10.6 Å². The van der Waals surface area contributed by atoms with Gasteiger partial charge in [0.25, 0.3) is 0 Å².